The van der Waals surface area contributed by atoms with E-state index in [-0.39, 0.29) is 17.9 Å². The first-order chi connectivity index (χ1) is 14.1. The maximum Gasteiger partial charge on any atom is 0.319 e. The molecule has 2 N–H and O–H groups in total. The maximum atomic E-state index is 13.2. The molecule has 0 aromatic heterocycles. The van der Waals surface area contributed by atoms with E-state index in [1.54, 1.807) is 7.11 Å². The molecule has 2 atom stereocenters. The summed E-state index contributed by atoms with van der Waals surface area (Å²) in [6.07, 6.45) is 5.44. The van der Waals surface area contributed by atoms with E-state index in [0.717, 1.165) is 49.2 Å². The fraction of sp³-hybridized carbons (Fsp3) is 0.435. The second-order valence-electron chi connectivity index (χ2n) is 8.03. The first kappa shape index (κ1) is 19.7. The van der Waals surface area contributed by atoms with Gasteiger partial charge in [-0.2, -0.15) is 0 Å². The Hall–Kier alpha value is -2.60. The zero-order chi connectivity index (χ0) is 20.2. The van der Waals surface area contributed by atoms with Gasteiger partial charge in [0.15, 0.2) is 0 Å². The number of hydrogen-bond donors (Lipinski definition) is 2. The summed E-state index contributed by atoms with van der Waals surface area (Å²) in [5.41, 5.74) is 1.89. The number of carbonyl (C=O) groups is 1. The van der Waals surface area contributed by atoms with Crippen molar-refractivity contribution in [2.75, 3.05) is 12.4 Å². The van der Waals surface area contributed by atoms with Crippen LogP contribution in [0.4, 0.5) is 14.9 Å². The smallest absolute Gasteiger partial charge is 0.319 e. The number of benzene rings is 2. The van der Waals surface area contributed by atoms with Crippen molar-refractivity contribution in [2.24, 2.45) is 0 Å². The fourth-order valence-electron chi connectivity index (χ4n) is 4.68. The zero-order valence-electron chi connectivity index (χ0n) is 16.7. The predicted octanol–water partition coefficient (Wildman–Crippen LogP) is 4.54. The molecule has 6 heteroatoms. The molecule has 0 aliphatic carbocycles. The molecule has 2 aliphatic heterocycles. The van der Waals surface area contributed by atoms with Crippen LogP contribution >= 0.6 is 0 Å². The number of amides is 2. The molecule has 154 valence electrons. The Kier molecular flexibility index (Phi) is 6.00. The van der Waals surface area contributed by atoms with Gasteiger partial charge in [-0.3, -0.25) is 4.90 Å². The van der Waals surface area contributed by atoms with Gasteiger partial charge < -0.3 is 15.4 Å². The number of rotatable bonds is 5. The second-order valence-corrected chi connectivity index (χ2v) is 8.03. The predicted molar refractivity (Wildman–Crippen MR) is 112 cm³/mol. The number of halogens is 1. The summed E-state index contributed by atoms with van der Waals surface area (Å²) in [7, 11) is 1.62. The lowest BCUT2D eigenvalue weighted by Gasteiger charge is -2.49. The lowest BCUT2D eigenvalue weighted by atomic mass is 9.81. The third-order valence-electron chi connectivity index (χ3n) is 6.09. The van der Waals surface area contributed by atoms with Crippen molar-refractivity contribution in [1.29, 1.82) is 0 Å². The molecule has 2 fully saturated rings. The molecule has 0 saturated carbocycles. The Balaban J connectivity index is 1.34. The van der Waals surface area contributed by atoms with Crippen LogP contribution in [0.2, 0.25) is 0 Å². The Bertz CT molecular complexity index is 811. The van der Waals surface area contributed by atoms with Crippen LogP contribution in [0.3, 0.4) is 0 Å². The highest BCUT2D eigenvalue weighted by Gasteiger charge is 2.38. The van der Waals surface area contributed by atoms with Gasteiger partial charge in [0.1, 0.15) is 11.6 Å². The van der Waals surface area contributed by atoms with Crippen LogP contribution < -0.4 is 15.4 Å². The Morgan fingerprint density at radius 2 is 1.72 bits per heavy atom. The van der Waals surface area contributed by atoms with E-state index >= 15 is 0 Å². The molecule has 0 unspecified atom stereocenters. The number of urea groups is 1. The Labute approximate surface area is 171 Å². The molecule has 4 rings (SSSR count). The summed E-state index contributed by atoms with van der Waals surface area (Å²) in [5.74, 6) is 0.567. The van der Waals surface area contributed by atoms with E-state index in [2.05, 4.69) is 15.5 Å². The van der Waals surface area contributed by atoms with Crippen LogP contribution in [0.15, 0.2) is 48.5 Å². The largest absolute Gasteiger partial charge is 0.497 e. The molecule has 2 saturated heterocycles. The van der Waals surface area contributed by atoms with Gasteiger partial charge in [-0.15, -0.1) is 0 Å². The van der Waals surface area contributed by atoms with Gasteiger partial charge in [0.2, 0.25) is 0 Å². The van der Waals surface area contributed by atoms with Gasteiger partial charge in [0.25, 0.3) is 0 Å². The number of nitrogens with one attached hydrogen (secondary N) is 2. The molecule has 2 heterocycles. The van der Waals surface area contributed by atoms with Gasteiger partial charge in [-0.25, -0.2) is 9.18 Å². The molecule has 2 aliphatic rings. The van der Waals surface area contributed by atoms with Gasteiger partial charge >= 0.3 is 6.03 Å². The molecule has 0 radical (unpaired) electrons. The summed E-state index contributed by atoms with van der Waals surface area (Å²) in [4.78, 5) is 15.0. The van der Waals surface area contributed by atoms with E-state index in [4.69, 9.17) is 4.74 Å². The zero-order valence-corrected chi connectivity index (χ0v) is 16.7. The third-order valence-corrected chi connectivity index (χ3v) is 6.09. The van der Waals surface area contributed by atoms with Crippen molar-refractivity contribution < 1.29 is 13.9 Å². The van der Waals surface area contributed by atoms with E-state index in [1.807, 2.05) is 36.4 Å². The van der Waals surface area contributed by atoms with Gasteiger partial charge in [0.05, 0.1) is 7.11 Å². The lowest BCUT2D eigenvalue weighted by Crippen LogP contribution is -2.56. The van der Waals surface area contributed by atoms with Crippen molar-refractivity contribution >= 4 is 11.7 Å². The number of fused-ring (bicyclic) bond motifs is 2. The molecule has 5 nitrogen and oxygen atoms in total. The lowest BCUT2D eigenvalue weighted by molar-refractivity contribution is 0.0200. The summed E-state index contributed by atoms with van der Waals surface area (Å²) in [5, 5.41) is 6.07. The Morgan fingerprint density at radius 3 is 2.34 bits per heavy atom. The van der Waals surface area contributed by atoms with Crippen LogP contribution in [-0.4, -0.2) is 36.2 Å². The number of nitrogens with zero attached hydrogens (tertiary/aromatic N) is 1. The summed E-state index contributed by atoms with van der Waals surface area (Å²) in [6.45, 7) is 0.848. The van der Waals surface area contributed by atoms with Crippen LogP contribution in [0.25, 0.3) is 0 Å². The molecular formula is C23H28FN3O2. The van der Waals surface area contributed by atoms with Gasteiger partial charge in [0, 0.05) is 30.4 Å². The third kappa shape index (κ3) is 4.88. The standard InChI is InChI=1S/C23H28FN3O2/c1-29-22-11-9-18(10-12-22)25-23(28)26-19-13-20-3-2-4-21(14-19)27(20)15-16-5-7-17(24)8-6-16/h5-12,19-21H,2-4,13-15H2,1H3,(H2,25,26,28)/t20-,21-/m0/s1. The molecular weight excluding hydrogens is 369 g/mol. The summed E-state index contributed by atoms with van der Waals surface area (Å²) < 4.78 is 18.3. The van der Waals surface area contributed by atoms with E-state index in [0.29, 0.717) is 12.1 Å². The first-order valence-corrected chi connectivity index (χ1v) is 10.3. The Morgan fingerprint density at radius 1 is 1.07 bits per heavy atom. The van der Waals surface area contributed by atoms with Crippen LogP contribution in [0.5, 0.6) is 5.75 Å². The van der Waals surface area contributed by atoms with Crippen LogP contribution in [0, 0.1) is 5.82 Å². The van der Waals surface area contributed by atoms with Crippen molar-refractivity contribution in [3.8, 4) is 5.75 Å². The van der Waals surface area contributed by atoms with Crippen molar-refractivity contribution in [3.63, 3.8) is 0 Å². The fourth-order valence-corrected chi connectivity index (χ4v) is 4.68. The number of hydrogen-bond acceptors (Lipinski definition) is 3. The van der Waals surface area contributed by atoms with Crippen molar-refractivity contribution in [2.45, 2.75) is 56.8 Å². The number of carbonyl (C=O) groups excluding carboxylic acids is 1. The van der Waals surface area contributed by atoms with E-state index in [1.165, 1.54) is 18.6 Å². The van der Waals surface area contributed by atoms with Crippen molar-refractivity contribution in [3.05, 3.63) is 59.9 Å². The van der Waals surface area contributed by atoms with E-state index in [9.17, 15) is 9.18 Å². The monoisotopic (exact) mass is 397 g/mol. The quantitative estimate of drug-likeness (QED) is 0.779. The van der Waals surface area contributed by atoms with Gasteiger partial charge in [-0.05, 0) is 67.6 Å². The highest BCUT2D eigenvalue weighted by Crippen LogP contribution is 2.35. The van der Waals surface area contributed by atoms with Crippen molar-refractivity contribution in [1.82, 2.24) is 10.2 Å². The average molecular weight is 397 g/mol. The number of anilines is 1. The SMILES string of the molecule is COc1ccc(NC(=O)NC2C[C@@H]3CCC[C@@H](C2)N3Cc2ccc(F)cc2)cc1. The topological polar surface area (TPSA) is 53.6 Å². The van der Waals surface area contributed by atoms with Crippen LogP contribution in [0.1, 0.15) is 37.7 Å². The molecule has 2 amide bonds. The molecule has 2 bridgehead atoms. The highest BCUT2D eigenvalue weighted by molar-refractivity contribution is 5.89. The minimum atomic E-state index is -0.195. The average Bonchev–Trinajstić information content (AvgIpc) is 2.71. The summed E-state index contributed by atoms with van der Waals surface area (Å²) in [6, 6.07) is 15.1. The number of methoxy groups -OCH3 is 1. The first-order valence-electron chi connectivity index (χ1n) is 10.3. The van der Waals surface area contributed by atoms with Gasteiger partial charge in [-0.1, -0.05) is 18.6 Å². The normalized spacial score (nSPS) is 24.0. The highest BCUT2D eigenvalue weighted by atomic mass is 19.1. The molecule has 2 aromatic rings. The van der Waals surface area contributed by atoms with Crippen LogP contribution in [-0.2, 0) is 6.54 Å². The maximum absolute atomic E-state index is 13.2. The molecule has 29 heavy (non-hydrogen) atoms. The minimum absolute atomic E-state index is 0.162. The second kappa shape index (κ2) is 8.82. The summed E-state index contributed by atoms with van der Waals surface area (Å²) >= 11 is 0. The molecule has 2 aromatic carbocycles. The molecule has 0 spiro atoms. The number of ether oxygens (including phenoxy) is 1. The minimum Gasteiger partial charge on any atom is -0.497 e. The number of piperidine rings is 2. The van der Waals surface area contributed by atoms with E-state index < -0.39 is 0 Å².